The van der Waals surface area contributed by atoms with Gasteiger partial charge in [0.05, 0.1) is 11.5 Å². The van der Waals surface area contributed by atoms with Crippen molar-refractivity contribution in [3.8, 4) is 0 Å². The predicted octanol–water partition coefficient (Wildman–Crippen LogP) is 1.69. The Hall–Kier alpha value is -1.99. The monoisotopic (exact) mass is 335 g/mol. The van der Waals surface area contributed by atoms with Crippen molar-refractivity contribution in [3.05, 3.63) is 39.4 Å². The molecule has 0 saturated carbocycles. The van der Waals surface area contributed by atoms with Crippen LogP contribution in [0.2, 0.25) is 0 Å². The second-order valence-electron chi connectivity index (χ2n) is 6.03. The molecule has 0 bridgehead atoms. The summed E-state index contributed by atoms with van der Waals surface area (Å²) >= 11 is 0. The van der Waals surface area contributed by atoms with Gasteiger partial charge in [0.25, 0.3) is 11.6 Å². The van der Waals surface area contributed by atoms with Crippen molar-refractivity contribution in [2.45, 2.75) is 32.7 Å². The van der Waals surface area contributed by atoms with Gasteiger partial charge < -0.3 is 10.0 Å². The summed E-state index contributed by atoms with van der Waals surface area (Å²) in [6.45, 7) is 6.56. The molecule has 7 heteroatoms. The molecule has 1 N–H and O–H groups in total. The number of rotatable bonds is 6. The molecule has 1 aromatic carbocycles. The number of nitrogens with zero attached hydrogens (tertiary/aromatic N) is 3. The molecule has 1 aromatic rings. The fraction of sp³-hybridized carbons (Fsp3) is 0.588. The maximum atomic E-state index is 12.6. The molecule has 2 rings (SSSR count). The minimum Gasteiger partial charge on any atom is -0.395 e. The summed E-state index contributed by atoms with van der Waals surface area (Å²) in [5.41, 5.74) is 1.00. The van der Waals surface area contributed by atoms with Gasteiger partial charge in [-0.15, -0.1) is 0 Å². The van der Waals surface area contributed by atoms with Gasteiger partial charge in [0.1, 0.15) is 0 Å². The van der Waals surface area contributed by atoms with Crippen LogP contribution < -0.4 is 0 Å². The number of aryl methyl sites for hydroxylation is 1. The maximum Gasteiger partial charge on any atom is 0.273 e. The van der Waals surface area contributed by atoms with Gasteiger partial charge in [0.2, 0.25) is 0 Å². The molecule has 0 radical (unpaired) electrons. The van der Waals surface area contributed by atoms with E-state index in [0.717, 1.165) is 6.42 Å². The van der Waals surface area contributed by atoms with Gasteiger partial charge in [-0.05, 0) is 18.9 Å². The highest BCUT2D eigenvalue weighted by Gasteiger charge is 2.26. The van der Waals surface area contributed by atoms with E-state index in [1.165, 1.54) is 6.07 Å². The Morgan fingerprint density at radius 1 is 1.29 bits per heavy atom. The van der Waals surface area contributed by atoms with E-state index in [2.05, 4.69) is 4.90 Å². The van der Waals surface area contributed by atoms with Crippen LogP contribution in [0.4, 0.5) is 5.69 Å². The zero-order valence-corrected chi connectivity index (χ0v) is 14.3. The van der Waals surface area contributed by atoms with E-state index in [0.29, 0.717) is 43.7 Å². The second-order valence-corrected chi connectivity index (χ2v) is 6.03. The number of piperazine rings is 1. The van der Waals surface area contributed by atoms with Crippen molar-refractivity contribution in [1.29, 1.82) is 0 Å². The van der Waals surface area contributed by atoms with Crippen LogP contribution in [-0.4, -0.2) is 64.6 Å². The number of aliphatic hydroxyl groups excluding tert-OH is 1. The van der Waals surface area contributed by atoms with Crippen LogP contribution in [0.15, 0.2) is 18.2 Å². The smallest absolute Gasteiger partial charge is 0.273 e. The van der Waals surface area contributed by atoms with Gasteiger partial charge in [-0.25, -0.2) is 0 Å². The van der Waals surface area contributed by atoms with Crippen molar-refractivity contribution >= 4 is 11.6 Å². The number of amides is 1. The first-order chi connectivity index (χ1) is 11.5. The topological polar surface area (TPSA) is 86.9 Å². The van der Waals surface area contributed by atoms with Crippen molar-refractivity contribution < 1.29 is 14.8 Å². The zero-order chi connectivity index (χ0) is 17.7. The van der Waals surface area contributed by atoms with Crippen LogP contribution in [0.5, 0.6) is 0 Å². The number of aliphatic hydroxyl groups is 1. The number of nitro benzene ring substituents is 1. The Balaban J connectivity index is 2.08. The normalized spacial score (nSPS) is 16.9. The Kier molecular flexibility index (Phi) is 6.28. The average Bonchev–Trinajstić information content (AvgIpc) is 2.62. The molecular formula is C17H25N3O4. The lowest BCUT2D eigenvalue weighted by molar-refractivity contribution is -0.385. The van der Waals surface area contributed by atoms with Gasteiger partial charge in [0.15, 0.2) is 0 Å². The Morgan fingerprint density at radius 2 is 1.96 bits per heavy atom. The largest absolute Gasteiger partial charge is 0.395 e. The van der Waals surface area contributed by atoms with Crippen LogP contribution in [0, 0.1) is 10.1 Å². The summed E-state index contributed by atoms with van der Waals surface area (Å²) < 4.78 is 0. The third kappa shape index (κ3) is 3.91. The fourth-order valence-corrected chi connectivity index (χ4v) is 3.14. The zero-order valence-electron chi connectivity index (χ0n) is 14.3. The Labute approximate surface area is 142 Å². The molecule has 132 valence electrons. The minimum atomic E-state index is -0.430. The molecule has 0 spiro atoms. The van der Waals surface area contributed by atoms with Crippen molar-refractivity contribution in [2.75, 3.05) is 32.8 Å². The summed E-state index contributed by atoms with van der Waals surface area (Å²) in [5.74, 6) is -0.169. The number of nitro groups is 1. The molecule has 0 aromatic heterocycles. The summed E-state index contributed by atoms with van der Waals surface area (Å²) in [6, 6.07) is 4.85. The number of hydrogen-bond acceptors (Lipinski definition) is 5. The molecule has 1 fully saturated rings. The fourth-order valence-electron chi connectivity index (χ4n) is 3.14. The van der Waals surface area contributed by atoms with E-state index in [1.54, 1.807) is 17.0 Å². The van der Waals surface area contributed by atoms with E-state index < -0.39 is 4.92 Å². The van der Waals surface area contributed by atoms with Crippen LogP contribution in [0.25, 0.3) is 0 Å². The van der Waals surface area contributed by atoms with Gasteiger partial charge in [-0.1, -0.05) is 19.9 Å². The molecule has 1 unspecified atom stereocenters. The molecule has 1 atom stereocenters. The first-order valence-electron chi connectivity index (χ1n) is 8.43. The van der Waals surface area contributed by atoms with Gasteiger partial charge in [-0.2, -0.15) is 0 Å². The van der Waals surface area contributed by atoms with Crippen molar-refractivity contribution in [3.63, 3.8) is 0 Å². The summed E-state index contributed by atoms with van der Waals surface area (Å²) in [7, 11) is 0. The van der Waals surface area contributed by atoms with E-state index in [9.17, 15) is 20.0 Å². The maximum absolute atomic E-state index is 12.6. The minimum absolute atomic E-state index is 0.00770. The third-order valence-electron chi connectivity index (χ3n) is 4.71. The van der Waals surface area contributed by atoms with Crippen LogP contribution in [-0.2, 0) is 6.42 Å². The molecule has 7 nitrogen and oxygen atoms in total. The number of carbonyl (C=O) groups excluding carboxylic acids is 1. The van der Waals surface area contributed by atoms with Gasteiger partial charge >= 0.3 is 0 Å². The lowest BCUT2D eigenvalue weighted by atomic mass is 10.1. The SMILES string of the molecule is CCc1ccc(C(=O)N2CCN(C(CC)CO)CC2)cc1[N+](=O)[O-]. The molecule has 24 heavy (non-hydrogen) atoms. The quantitative estimate of drug-likeness (QED) is 0.631. The third-order valence-corrected chi connectivity index (χ3v) is 4.71. The van der Waals surface area contributed by atoms with E-state index in [1.807, 2.05) is 13.8 Å². The molecule has 1 saturated heterocycles. The van der Waals surface area contributed by atoms with Crippen molar-refractivity contribution in [2.24, 2.45) is 0 Å². The Morgan fingerprint density at radius 3 is 2.46 bits per heavy atom. The first-order valence-corrected chi connectivity index (χ1v) is 8.43. The van der Waals surface area contributed by atoms with Gasteiger partial charge in [-0.3, -0.25) is 19.8 Å². The summed E-state index contributed by atoms with van der Waals surface area (Å²) in [4.78, 5) is 27.3. The predicted molar refractivity (Wildman–Crippen MR) is 91.1 cm³/mol. The summed E-state index contributed by atoms with van der Waals surface area (Å²) in [5, 5.41) is 20.5. The first kappa shape index (κ1) is 18.4. The van der Waals surface area contributed by atoms with Crippen LogP contribution in [0.3, 0.4) is 0 Å². The lowest BCUT2D eigenvalue weighted by Crippen LogP contribution is -2.52. The molecule has 1 aliphatic heterocycles. The molecule has 1 aliphatic rings. The molecule has 0 aliphatic carbocycles. The highest BCUT2D eigenvalue weighted by molar-refractivity contribution is 5.95. The van der Waals surface area contributed by atoms with Crippen molar-refractivity contribution in [1.82, 2.24) is 9.80 Å². The Bertz CT molecular complexity index is 593. The highest BCUT2D eigenvalue weighted by Crippen LogP contribution is 2.22. The number of carbonyl (C=O) groups is 1. The average molecular weight is 335 g/mol. The molecule has 1 amide bonds. The van der Waals surface area contributed by atoms with Gasteiger partial charge in [0, 0.05) is 49.4 Å². The van der Waals surface area contributed by atoms with E-state index >= 15 is 0 Å². The van der Waals surface area contributed by atoms with Crippen LogP contribution in [0.1, 0.15) is 36.2 Å². The standard InChI is InChI=1S/C17H25N3O4/c1-3-13-5-6-14(11-16(13)20(23)24)17(22)19-9-7-18(8-10-19)15(4-2)12-21/h5-6,11,15,21H,3-4,7-10,12H2,1-2H3. The number of benzene rings is 1. The van der Waals surface area contributed by atoms with E-state index in [-0.39, 0.29) is 24.2 Å². The molecular weight excluding hydrogens is 310 g/mol. The molecule has 1 heterocycles. The number of hydrogen-bond donors (Lipinski definition) is 1. The second kappa shape index (κ2) is 8.21. The van der Waals surface area contributed by atoms with E-state index in [4.69, 9.17) is 0 Å². The highest BCUT2D eigenvalue weighted by atomic mass is 16.6. The lowest BCUT2D eigenvalue weighted by Gasteiger charge is -2.38. The summed E-state index contributed by atoms with van der Waals surface area (Å²) in [6.07, 6.45) is 1.43. The van der Waals surface area contributed by atoms with Crippen LogP contribution >= 0.6 is 0 Å².